The molecule has 1 saturated heterocycles. The van der Waals surface area contributed by atoms with E-state index in [1.165, 1.54) is 0 Å². The number of halogens is 2. The van der Waals surface area contributed by atoms with Crippen LogP contribution < -0.4 is 10.2 Å². The standard InChI is InChI=1S/C19H15F2N5O3/c1-10-2-4-11(5-3-10)22-15(27)9-25-17-16(23-24-25)18(28)26(19(17)29)12-6-7-13(20)14(21)8-12/h2-8,16-17H,9H2,1H3,(H,22,27)/t16-,17-/m0/s1. The number of imide groups is 1. The number of hydrogen-bond donors (Lipinski definition) is 1. The Bertz CT molecular complexity index is 1040. The number of benzene rings is 2. The summed E-state index contributed by atoms with van der Waals surface area (Å²) in [7, 11) is 0. The zero-order chi connectivity index (χ0) is 20.7. The fraction of sp³-hybridized carbons (Fsp3) is 0.211. The minimum Gasteiger partial charge on any atom is -0.324 e. The van der Waals surface area contributed by atoms with Gasteiger partial charge < -0.3 is 5.32 Å². The molecule has 0 aromatic heterocycles. The van der Waals surface area contributed by atoms with Crippen LogP contribution in [0.4, 0.5) is 20.2 Å². The van der Waals surface area contributed by atoms with Crippen molar-refractivity contribution in [2.75, 3.05) is 16.8 Å². The third-order valence-corrected chi connectivity index (χ3v) is 4.66. The summed E-state index contributed by atoms with van der Waals surface area (Å²) >= 11 is 0. The van der Waals surface area contributed by atoms with Crippen LogP contribution in [0.3, 0.4) is 0 Å². The van der Waals surface area contributed by atoms with Gasteiger partial charge in [-0.15, -0.1) is 0 Å². The minimum absolute atomic E-state index is 0.104. The fourth-order valence-electron chi connectivity index (χ4n) is 3.22. The molecular formula is C19H15F2N5O3. The number of amides is 3. The Hall–Kier alpha value is -3.69. The lowest BCUT2D eigenvalue weighted by Gasteiger charge is -2.20. The molecule has 4 rings (SSSR count). The number of fused-ring (bicyclic) bond motifs is 1. The van der Waals surface area contributed by atoms with E-state index in [4.69, 9.17) is 0 Å². The van der Waals surface area contributed by atoms with E-state index in [9.17, 15) is 23.2 Å². The third kappa shape index (κ3) is 3.33. The summed E-state index contributed by atoms with van der Waals surface area (Å²) in [6.45, 7) is 1.61. The summed E-state index contributed by atoms with van der Waals surface area (Å²) in [6, 6.07) is 7.60. The largest absolute Gasteiger partial charge is 0.324 e. The second-order valence-corrected chi connectivity index (χ2v) is 6.72. The Balaban J connectivity index is 1.49. The molecule has 1 N–H and O–H groups in total. The number of aryl methyl sites for hydroxylation is 1. The number of nitrogens with one attached hydrogen (secondary N) is 1. The lowest BCUT2D eigenvalue weighted by Crippen LogP contribution is -2.43. The van der Waals surface area contributed by atoms with E-state index in [0.717, 1.165) is 33.7 Å². The molecule has 148 valence electrons. The van der Waals surface area contributed by atoms with Crippen molar-refractivity contribution in [3.63, 3.8) is 0 Å². The van der Waals surface area contributed by atoms with Crippen LogP contribution in [0.5, 0.6) is 0 Å². The van der Waals surface area contributed by atoms with Crippen molar-refractivity contribution in [2.45, 2.75) is 19.0 Å². The molecule has 0 spiro atoms. The SMILES string of the molecule is Cc1ccc(NC(=O)CN2N=N[C@@H]3C(=O)N(c4ccc(F)c(F)c4)C(=O)[C@H]32)cc1. The molecule has 3 amide bonds. The normalized spacial score (nSPS) is 20.4. The van der Waals surface area contributed by atoms with Gasteiger partial charge in [-0.3, -0.25) is 19.4 Å². The van der Waals surface area contributed by atoms with Gasteiger partial charge in [0.05, 0.1) is 5.69 Å². The van der Waals surface area contributed by atoms with Crippen LogP contribution in [0.15, 0.2) is 52.8 Å². The zero-order valence-electron chi connectivity index (χ0n) is 15.2. The molecule has 2 aromatic carbocycles. The summed E-state index contributed by atoms with van der Waals surface area (Å²) in [6.07, 6.45) is 0. The van der Waals surface area contributed by atoms with Gasteiger partial charge in [-0.1, -0.05) is 22.9 Å². The molecule has 0 saturated carbocycles. The molecule has 2 aromatic rings. The lowest BCUT2D eigenvalue weighted by molar-refractivity contribution is -0.123. The van der Waals surface area contributed by atoms with E-state index in [0.29, 0.717) is 5.69 Å². The maximum absolute atomic E-state index is 13.5. The van der Waals surface area contributed by atoms with Gasteiger partial charge >= 0.3 is 0 Å². The van der Waals surface area contributed by atoms with E-state index in [-0.39, 0.29) is 12.2 Å². The van der Waals surface area contributed by atoms with Crippen molar-refractivity contribution in [2.24, 2.45) is 10.3 Å². The Morgan fingerprint density at radius 1 is 1.07 bits per heavy atom. The smallest absolute Gasteiger partial charge is 0.263 e. The van der Waals surface area contributed by atoms with Gasteiger partial charge in [0.1, 0.15) is 6.54 Å². The van der Waals surface area contributed by atoms with Gasteiger partial charge in [-0.05, 0) is 31.2 Å². The highest BCUT2D eigenvalue weighted by atomic mass is 19.2. The summed E-state index contributed by atoms with van der Waals surface area (Å²) in [5.74, 6) is -4.14. The van der Waals surface area contributed by atoms with Crippen LogP contribution in [0, 0.1) is 18.6 Å². The molecule has 0 bridgehead atoms. The molecule has 2 heterocycles. The number of rotatable bonds is 4. The van der Waals surface area contributed by atoms with Crippen LogP contribution in [-0.2, 0) is 14.4 Å². The quantitative estimate of drug-likeness (QED) is 0.798. The number of nitrogens with zero attached hydrogens (tertiary/aromatic N) is 4. The van der Waals surface area contributed by atoms with Crippen molar-refractivity contribution in [1.29, 1.82) is 0 Å². The maximum Gasteiger partial charge on any atom is 0.263 e. The van der Waals surface area contributed by atoms with E-state index in [2.05, 4.69) is 15.7 Å². The monoisotopic (exact) mass is 399 g/mol. The van der Waals surface area contributed by atoms with Gasteiger partial charge in [0.25, 0.3) is 11.8 Å². The van der Waals surface area contributed by atoms with Gasteiger partial charge in [-0.2, -0.15) is 5.11 Å². The first-order valence-corrected chi connectivity index (χ1v) is 8.72. The van der Waals surface area contributed by atoms with Crippen LogP contribution in [0.1, 0.15) is 5.56 Å². The molecule has 0 unspecified atom stereocenters. The van der Waals surface area contributed by atoms with Gasteiger partial charge in [0.15, 0.2) is 23.7 Å². The number of hydrogen-bond acceptors (Lipinski definition) is 6. The molecule has 0 radical (unpaired) electrons. The highest BCUT2D eigenvalue weighted by Crippen LogP contribution is 2.32. The molecule has 10 heteroatoms. The first-order chi connectivity index (χ1) is 13.8. The predicted octanol–water partition coefficient (Wildman–Crippen LogP) is 2.21. The van der Waals surface area contributed by atoms with Crippen molar-refractivity contribution in [3.05, 3.63) is 59.7 Å². The van der Waals surface area contributed by atoms with Gasteiger partial charge in [0, 0.05) is 11.8 Å². The maximum atomic E-state index is 13.5. The summed E-state index contributed by atoms with van der Waals surface area (Å²) in [4.78, 5) is 38.4. The minimum atomic E-state index is -1.18. The Morgan fingerprint density at radius 2 is 1.79 bits per heavy atom. The average Bonchev–Trinajstić information content (AvgIpc) is 3.20. The third-order valence-electron chi connectivity index (χ3n) is 4.66. The van der Waals surface area contributed by atoms with Crippen LogP contribution in [-0.4, -0.2) is 41.4 Å². The Labute approximate surface area is 163 Å². The molecule has 2 aliphatic rings. The molecular weight excluding hydrogens is 384 g/mol. The first-order valence-electron chi connectivity index (χ1n) is 8.72. The Morgan fingerprint density at radius 3 is 2.48 bits per heavy atom. The first kappa shape index (κ1) is 18.7. The van der Waals surface area contributed by atoms with Crippen LogP contribution >= 0.6 is 0 Å². The van der Waals surface area contributed by atoms with Gasteiger partial charge in [-0.25, -0.2) is 13.7 Å². The highest BCUT2D eigenvalue weighted by molar-refractivity contribution is 6.25. The summed E-state index contributed by atoms with van der Waals surface area (Å²) in [5, 5.41) is 11.4. The van der Waals surface area contributed by atoms with E-state index in [1.54, 1.807) is 12.1 Å². The van der Waals surface area contributed by atoms with E-state index in [1.807, 2.05) is 19.1 Å². The zero-order valence-corrected chi connectivity index (χ0v) is 15.2. The van der Waals surface area contributed by atoms with Crippen LogP contribution in [0.2, 0.25) is 0 Å². The highest BCUT2D eigenvalue weighted by Gasteiger charge is 2.55. The van der Waals surface area contributed by atoms with Crippen molar-refractivity contribution in [3.8, 4) is 0 Å². The topological polar surface area (TPSA) is 94.4 Å². The number of anilines is 2. The molecule has 8 nitrogen and oxygen atoms in total. The Kier molecular flexibility index (Phi) is 4.53. The van der Waals surface area contributed by atoms with Gasteiger partial charge in [0.2, 0.25) is 5.91 Å². The lowest BCUT2D eigenvalue weighted by atomic mass is 10.1. The summed E-state index contributed by atoms with van der Waals surface area (Å²) < 4.78 is 26.7. The van der Waals surface area contributed by atoms with E-state index >= 15 is 0 Å². The predicted molar refractivity (Wildman–Crippen MR) is 97.8 cm³/mol. The van der Waals surface area contributed by atoms with Crippen molar-refractivity contribution >= 4 is 29.1 Å². The summed E-state index contributed by atoms with van der Waals surface area (Å²) in [5.41, 5.74) is 1.50. The molecule has 29 heavy (non-hydrogen) atoms. The average molecular weight is 399 g/mol. The molecule has 1 fully saturated rings. The molecule has 0 aliphatic carbocycles. The second kappa shape index (κ2) is 7.04. The fourth-order valence-corrected chi connectivity index (χ4v) is 3.22. The number of carbonyl (C=O) groups is 3. The number of carbonyl (C=O) groups excluding carboxylic acids is 3. The van der Waals surface area contributed by atoms with Crippen LogP contribution in [0.25, 0.3) is 0 Å². The second-order valence-electron chi connectivity index (χ2n) is 6.72. The molecule has 2 atom stereocenters. The van der Waals surface area contributed by atoms with Crippen molar-refractivity contribution < 1.29 is 23.2 Å². The molecule has 2 aliphatic heterocycles. The van der Waals surface area contributed by atoms with E-state index < -0.39 is 41.4 Å². The van der Waals surface area contributed by atoms with Crippen molar-refractivity contribution in [1.82, 2.24) is 5.01 Å².